The van der Waals surface area contributed by atoms with E-state index in [1.165, 1.54) is 113 Å². The Bertz CT molecular complexity index is 901. The SMILES string of the molecule is Br.CCCCCCCCCCCCCCCCC(c1ccccc1)C(P)(c1ccccc1)c1ccccc1. The number of halogens is 1. The lowest BCUT2D eigenvalue weighted by atomic mass is 9.74. The van der Waals surface area contributed by atoms with Crippen molar-refractivity contribution < 1.29 is 0 Å². The van der Waals surface area contributed by atoms with E-state index >= 15 is 0 Å². The van der Waals surface area contributed by atoms with E-state index in [4.69, 9.17) is 0 Å². The van der Waals surface area contributed by atoms with Gasteiger partial charge in [0.1, 0.15) is 0 Å². The molecule has 0 aliphatic heterocycles. The molecule has 0 N–H and O–H groups in total. The molecule has 2 atom stereocenters. The minimum atomic E-state index is -0.138. The molecular formula is C36H52BrP. The largest absolute Gasteiger partial charge is 0.121 e. The van der Waals surface area contributed by atoms with Crippen LogP contribution in [0.15, 0.2) is 91.0 Å². The molecule has 3 aromatic carbocycles. The highest BCUT2D eigenvalue weighted by molar-refractivity contribution is 8.93. The Hall–Kier alpha value is -1.43. The first-order chi connectivity index (χ1) is 18.3. The van der Waals surface area contributed by atoms with Gasteiger partial charge in [-0.25, -0.2) is 0 Å². The third-order valence-electron chi connectivity index (χ3n) is 8.10. The van der Waals surface area contributed by atoms with Gasteiger partial charge in [0.05, 0.1) is 0 Å². The number of hydrogen-bond acceptors (Lipinski definition) is 0. The van der Waals surface area contributed by atoms with Crippen LogP contribution in [0.5, 0.6) is 0 Å². The molecule has 0 saturated heterocycles. The first kappa shape index (κ1) is 32.8. The van der Waals surface area contributed by atoms with Crippen LogP contribution in [0.1, 0.15) is 126 Å². The summed E-state index contributed by atoms with van der Waals surface area (Å²) in [7, 11) is 3.30. The fraction of sp³-hybridized carbons (Fsp3) is 0.500. The summed E-state index contributed by atoms with van der Waals surface area (Å²) in [5.74, 6) is 0.417. The van der Waals surface area contributed by atoms with E-state index in [0.717, 1.165) is 0 Å². The van der Waals surface area contributed by atoms with E-state index in [1.807, 2.05) is 0 Å². The Morgan fingerprint density at radius 3 is 1.24 bits per heavy atom. The van der Waals surface area contributed by atoms with Crippen molar-refractivity contribution in [3.63, 3.8) is 0 Å². The topological polar surface area (TPSA) is 0 Å². The highest BCUT2D eigenvalue weighted by Crippen LogP contribution is 2.51. The third-order valence-corrected chi connectivity index (χ3v) is 9.17. The van der Waals surface area contributed by atoms with Crippen molar-refractivity contribution >= 4 is 26.2 Å². The molecule has 0 fully saturated rings. The number of unbranched alkanes of at least 4 members (excludes halogenated alkanes) is 13. The highest BCUT2D eigenvalue weighted by Gasteiger charge is 2.38. The van der Waals surface area contributed by atoms with Crippen LogP contribution >= 0.6 is 26.2 Å². The van der Waals surface area contributed by atoms with Crippen molar-refractivity contribution in [1.29, 1.82) is 0 Å². The van der Waals surface area contributed by atoms with E-state index in [1.54, 1.807) is 0 Å². The van der Waals surface area contributed by atoms with Gasteiger partial charge in [-0.1, -0.05) is 188 Å². The molecule has 0 saturated carbocycles. The van der Waals surface area contributed by atoms with Gasteiger partial charge in [-0.05, 0) is 23.1 Å². The van der Waals surface area contributed by atoms with Crippen molar-refractivity contribution in [2.24, 2.45) is 0 Å². The second-order valence-electron chi connectivity index (χ2n) is 10.9. The maximum absolute atomic E-state index is 3.30. The summed E-state index contributed by atoms with van der Waals surface area (Å²) >= 11 is 0. The van der Waals surface area contributed by atoms with Gasteiger partial charge in [-0.3, -0.25) is 0 Å². The minimum Gasteiger partial charge on any atom is -0.121 e. The summed E-state index contributed by atoms with van der Waals surface area (Å²) in [4.78, 5) is 0. The van der Waals surface area contributed by atoms with E-state index in [-0.39, 0.29) is 22.1 Å². The van der Waals surface area contributed by atoms with Crippen molar-refractivity contribution in [2.45, 2.75) is 114 Å². The van der Waals surface area contributed by atoms with Gasteiger partial charge >= 0.3 is 0 Å². The Labute approximate surface area is 247 Å². The summed E-state index contributed by atoms with van der Waals surface area (Å²) in [5.41, 5.74) is 4.20. The first-order valence-corrected chi connectivity index (χ1v) is 15.8. The maximum atomic E-state index is 3.30. The predicted octanol–water partition coefficient (Wildman–Crippen LogP) is 12.0. The van der Waals surface area contributed by atoms with Gasteiger partial charge in [0.25, 0.3) is 0 Å². The van der Waals surface area contributed by atoms with Crippen LogP contribution in [-0.4, -0.2) is 0 Å². The van der Waals surface area contributed by atoms with Gasteiger partial charge < -0.3 is 0 Å². The second kappa shape index (κ2) is 19.6. The molecular weight excluding hydrogens is 543 g/mol. The van der Waals surface area contributed by atoms with Crippen LogP contribution < -0.4 is 0 Å². The molecule has 3 rings (SSSR count). The smallest absolute Gasteiger partial charge is 0.0412 e. The number of rotatable bonds is 19. The van der Waals surface area contributed by atoms with Crippen molar-refractivity contribution in [3.8, 4) is 0 Å². The van der Waals surface area contributed by atoms with Crippen LogP contribution in [-0.2, 0) is 5.16 Å². The lowest BCUT2D eigenvalue weighted by Crippen LogP contribution is -2.29. The van der Waals surface area contributed by atoms with Gasteiger partial charge in [0.2, 0.25) is 0 Å². The molecule has 0 heterocycles. The lowest BCUT2D eigenvalue weighted by molar-refractivity contribution is 0.476. The monoisotopic (exact) mass is 594 g/mol. The zero-order chi connectivity index (χ0) is 26.0. The van der Waals surface area contributed by atoms with Crippen LogP contribution in [0, 0.1) is 0 Å². The van der Waals surface area contributed by atoms with Crippen LogP contribution in [0.3, 0.4) is 0 Å². The first-order valence-electron chi connectivity index (χ1n) is 15.2. The zero-order valence-corrected chi connectivity index (χ0v) is 26.7. The van der Waals surface area contributed by atoms with Crippen molar-refractivity contribution in [2.75, 3.05) is 0 Å². The average Bonchev–Trinajstić information content (AvgIpc) is 2.96. The van der Waals surface area contributed by atoms with E-state index in [2.05, 4.69) is 107 Å². The fourth-order valence-corrected chi connectivity index (χ4v) is 6.63. The molecule has 0 amide bonds. The van der Waals surface area contributed by atoms with Crippen molar-refractivity contribution in [3.05, 3.63) is 108 Å². The third kappa shape index (κ3) is 10.6. The van der Waals surface area contributed by atoms with E-state index < -0.39 is 0 Å². The van der Waals surface area contributed by atoms with Crippen LogP contribution in [0.25, 0.3) is 0 Å². The lowest BCUT2D eigenvalue weighted by Gasteiger charge is -2.39. The van der Waals surface area contributed by atoms with Gasteiger partial charge in [-0.2, -0.15) is 0 Å². The molecule has 38 heavy (non-hydrogen) atoms. The van der Waals surface area contributed by atoms with Crippen LogP contribution in [0.2, 0.25) is 0 Å². The molecule has 0 bridgehead atoms. The normalized spacial score (nSPS) is 12.2. The Balaban J connectivity index is 0.00000507. The maximum Gasteiger partial charge on any atom is 0.0412 e. The molecule has 0 aliphatic carbocycles. The fourth-order valence-electron chi connectivity index (χ4n) is 5.88. The zero-order valence-electron chi connectivity index (χ0n) is 23.8. The summed E-state index contributed by atoms with van der Waals surface area (Å²) in [6.45, 7) is 2.30. The summed E-state index contributed by atoms with van der Waals surface area (Å²) < 4.78 is 0. The summed E-state index contributed by atoms with van der Waals surface area (Å²) in [6.07, 6.45) is 20.9. The molecule has 2 heteroatoms. The van der Waals surface area contributed by atoms with E-state index in [0.29, 0.717) is 5.92 Å². The molecule has 0 spiro atoms. The van der Waals surface area contributed by atoms with Gasteiger partial charge in [-0.15, -0.1) is 26.2 Å². The molecule has 208 valence electrons. The molecule has 0 radical (unpaired) electrons. The molecule has 2 unspecified atom stereocenters. The summed E-state index contributed by atoms with van der Waals surface area (Å²) in [5, 5.41) is -0.138. The van der Waals surface area contributed by atoms with Crippen molar-refractivity contribution in [1.82, 2.24) is 0 Å². The average molecular weight is 596 g/mol. The van der Waals surface area contributed by atoms with Gasteiger partial charge in [0, 0.05) is 11.1 Å². The number of hydrogen-bond donors (Lipinski definition) is 0. The van der Waals surface area contributed by atoms with Crippen LogP contribution in [0.4, 0.5) is 0 Å². The second-order valence-corrected chi connectivity index (χ2v) is 11.9. The Kier molecular flexibility index (Phi) is 16.9. The molecule has 3 aromatic rings. The minimum absolute atomic E-state index is 0. The summed E-state index contributed by atoms with van der Waals surface area (Å²) in [6, 6.07) is 33.4. The standard InChI is InChI=1S/C36H51P.BrH/c1-2-3-4-5-6-7-8-9-10-11-12-13-14-24-31-35(32-25-18-15-19-26-32)36(37,33-27-20-16-21-28-33)34-29-22-17-23-30-34;/h15-23,25-30,35H,2-14,24,31,37H2,1H3;1H. The predicted molar refractivity (Wildman–Crippen MR) is 178 cm³/mol. The molecule has 0 nitrogen and oxygen atoms in total. The molecule has 0 aliphatic rings. The molecule has 0 aromatic heterocycles. The quantitative estimate of drug-likeness (QED) is 0.0955. The Morgan fingerprint density at radius 2 is 0.842 bits per heavy atom. The highest BCUT2D eigenvalue weighted by atomic mass is 79.9. The number of benzene rings is 3. The van der Waals surface area contributed by atoms with Gasteiger partial charge in [0.15, 0.2) is 0 Å². The van der Waals surface area contributed by atoms with E-state index in [9.17, 15) is 0 Å². The Morgan fingerprint density at radius 1 is 0.500 bits per heavy atom.